The summed E-state index contributed by atoms with van der Waals surface area (Å²) in [6, 6.07) is 0. The molecule has 0 atom stereocenters. The van der Waals surface area contributed by atoms with Crippen LogP contribution in [0.4, 0.5) is 0 Å². The Morgan fingerprint density at radius 2 is 1.25 bits per heavy atom. The molecule has 0 heterocycles. The number of fused-ring (bicyclic) bond motifs is 2. The lowest BCUT2D eigenvalue weighted by Gasteiger charge is -2.55. The Balaban J connectivity index is 2.33. The molecule has 40 heavy (non-hydrogen) atoms. The zero-order valence-corrected chi connectivity index (χ0v) is 29.6. The summed E-state index contributed by atoms with van der Waals surface area (Å²) in [5.74, 6) is 0. The van der Waals surface area contributed by atoms with E-state index in [1.165, 1.54) is 38.6 Å². The van der Waals surface area contributed by atoms with E-state index in [-0.39, 0.29) is 34.1 Å². The van der Waals surface area contributed by atoms with Crippen molar-refractivity contribution < 1.29 is 9.84 Å². The van der Waals surface area contributed by atoms with Crippen LogP contribution in [0, 0.1) is 21.7 Å². The van der Waals surface area contributed by atoms with Crippen molar-refractivity contribution >= 4 is 0 Å². The third kappa shape index (κ3) is 6.97. The van der Waals surface area contributed by atoms with E-state index < -0.39 is 0 Å². The minimum absolute atomic E-state index is 0.00899. The standard InChI is InChI=1S/C36H72N2O2/c1-14-32(15-2,25-31(9,10)38(13)35(16-3,17-4)24-30(7,8)28-39)29-40-36(18-5,19-6)34-22-20-33(26-34,21-23-34)27-37(11)12/h39H,14-29H2,1-13H3. The molecule has 2 bridgehead atoms. The highest BCUT2D eigenvalue weighted by atomic mass is 16.5. The zero-order chi connectivity index (χ0) is 30.7. The first-order valence-electron chi connectivity index (χ1n) is 17.1. The predicted molar refractivity (Wildman–Crippen MR) is 174 cm³/mol. The van der Waals surface area contributed by atoms with E-state index in [0.717, 1.165) is 58.0 Å². The molecule has 0 radical (unpaired) electrons. The third-order valence-corrected chi connectivity index (χ3v) is 12.9. The lowest BCUT2D eigenvalue weighted by Crippen LogP contribution is -2.59. The van der Waals surface area contributed by atoms with Gasteiger partial charge in [0.1, 0.15) is 0 Å². The maximum atomic E-state index is 10.1. The molecule has 4 nitrogen and oxygen atoms in total. The summed E-state index contributed by atoms with van der Waals surface area (Å²) in [5.41, 5.74) is 1.01. The topological polar surface area (TPSA) is 35.9 Å². The van der Waals surface area contributed by atoms with Gasteiger partial charge in [-0.05, 0) is 140 Å². The summed E-state index contributed by atoms with van der Waals surface area (Å²) < 4.78 is 7.43. The van der Waals surface area contributed by atoms with Crippen molar-refractivity contribution in [3.8, 4) is 0 Å². The van der Waals surface area contributed by atoms with Crippen LogP contribution in [0.2, 0.25) is 0 Å². The average molecular weight is 565 g/mol. The van der Waals surface area contributed by atoms with Gasteiger partial charge < -0.3 is 14.7 Å². The normalized spacial score (nSPS) is 24.6. The largest absolute Gasteiger partial charge is 0.396 e. The number of nitrogens with zero attached hydrogens (tertiary/aromatic N) is 2. The third-order valence-electron chi connectivity index (χ3n) is 12.9. The van der Waals surface area contributed by atoms with Crippen LogP contribution in [-0.4, -0.2) is 72.5 Å². The molecule has 2 rings (SSSR count). The van der Waals surface area contributed by atoms with Gasteiger partial charge in [-0.1, -0.05) is 55.4 Å². The molecule has 1 N–H and O–H groups in total. The molecule has 0 amide bonds. The molecule has 2 saturated carbocycles. The van der Waals surface area contributed by atoms with E-state index in [1.54, 1.807) is 0 Å². The Kier molecular flexibility index (Phi) is 11.9. The quantitative estimate of drug-likeness (QED) is 0.170. The van der Waals surface area contributed by atoms with E-state index in [0.29, 0.717) is 10.8 Å². The van der Waals surface area contributed by atoms with E-state index in [9.17, 15) is 5.11 Å². The van der Waals surface area contributed by atoms with Crippen LogP contribution < -0.4 is 0 Å². The van der Waals surface area contributed by atoms with Gasteiger partial charge in [-0.2, -0.15) is 0 Å². The molecule has 2 fully saturated rings. The number of hydrogen-bond donors (Lipinski definition) is 1. The van der Waals surface area contributed by atoms with Crippen molar-refractivity contribution in [2.24, 2.45) is 21.7 Å². The first-order chi connectivity index (χ1) is 18.5. The Morgan fingerprint density at radius 1 is 0.725 bits per heavy atom. The maximum absolute atomic E-state index is 10.1. The molecular weight excluding hydrogens is 492 g/mol. The number of ether oxygens (including phenoxy) is 1. The minimum atomic E-state index is -0.0857. The average Bonchev–Trinajstić information content (AvgIpc) is 3.48. The van der Waals surface area contributed by atoms with E-state index in [1.807, 2.05) is 0 Å². The molecule has 0 aromatic carbocycles. The summed E-state index contributed by atoms with van der Waals surface area (Å²) in [6.45, 7) is 26.0. The number of aliphatic hydroxyl groups is 1. The summed E-state index contributed by atoms with van der Waals surface area (Å²) >= 11 is 0. The lowest BCUT2D eigenvalue weighted by atomic mass is 9.66. The molecule has 0 aromatic rings. The van der Waals surface area contributed by atoms with Gasteiger partial charge in [0.25, 0.3) is 0 Å². The van der Waals surface area contributed by atoms with Gasteiger partial charge in [-0.25, -0.2) is 0 Å². The van der Waals surface area contributed by atoms with E-state index in [2.05, 4.69) is 100 Å². The van der Waals surface area contributed by atoms with Gasteiger partial charge >= 0.3 is 0 Å². The van der Waals surface area contributed by atoms with E-state index >= 15 is 0 Å². The Bertz CT molecular complexity index is 766. The fourth-order valence-electron chi connectivity index (χ4n) is 9.95. The first-order valence-corrected chi connectivity index (χ1v) is 17.1. The summed E-state index contributed by atoms with van der Waals surface area (Å²) in [5, 5.41) is 10.1. The molecule has 0 aromatic heterocycles. The predicted octanol–water partition coefficient (Wildman–Crippen LogP) is 8.95. The maximum Gasteiger partial charge on any atom is 0.0733 e. The highest BCUT2D eigenvalue weighted by molar-refractivity contribution is 5.13. The van der Waals surface area contributed by atoms with Gasteiger partial charge in [0.2, 0.25) is 0 Å². The highest BCUT2D eigenvalue weighted by Gasteiger charge is 2.63. The molecule has 4 heteroatoms. The molecule has 2 aliphatic carbocycles. The number of aliphatic hydroxyl groups excluding tert-OH is 1. The van der Waals surface area contributed by atoms with Gasteiger partial charge in [0, 0.05) is 24.2 Å². The fourth-order valence-corrected chi connectivity index (χ4v) is 9.95. The van der Waals surface area contributed by atoms with Crippen molar-refractivity contribution in [3.63, 3.8) is 0 Å². The van der Waals surface area contributed by atoms with Crippen molar-refractivity contribution in [1.82, 2.24) is 9.80 Å². The first kappa shape index (κ1) is 36.0. The monoisotopic (exact) mass is 565 g/mol. The van der Waals surface area contributed by atoms with Crippen molar-refractivity contribution in [3.05, 3.63) is 0 Å². The van der Waals surface area contributed by atoms with Crippen LogP contribution in [0.5, 0.6) is 0 Å². The highest BCUT2D eigenvalue weighted by Crippen LogP contribution is 2.68. The summed E-state index contributed by atoms with van der Waals surface area (Å²) in [6.07, 6.45) is 15.7. The molecule has 0 aliphatic heterocycles. The van der Waals surface area contributed by atoms with Gasteiger partial charge in [0.05, 0.1) is 12.2 Å². The smallest absolute Gasteiger partial charge is 0.0733 e. The number of rotatable bonds is 19. The minimum Gasteiger partial charge on any atom is -0.396 e. The Hall–Kier alpha value is -0.160. The van der Waals surface area contributed by atoms with Gasteiger partial charge in [-0.3, -0.25) is 4.90 Å². The van der Waals surface area contributed by atoms with Crippen LogP contribution in [-0.2, 0) is 4.74 Å². The van der Waals surface area contributed by atoms with Crippen molar-refractivity contribution in [2.45, 2.75) is 169 Å². The van der Waals surface area contributed by atoms with Crippen LogP contribution in [0.3, 0.4) is 0 Å². The van der Waals surface area contributed by atoms with Gasteiger partial charge in [0.15, 0.2) is 0 Å². The van der Waals surface area contributed by atoms with Crippen molar-refractivity contribution in [1.29, 1.82) is 0 Å². The van der Waals surface area contributed by atoms with E-state index in [4.69, 9.17) is 4.74 Å². The zero-order valence-electron chi connectivity index (χ0n) is 29.6. The summed E-state index contributed by atoms with van der Waals surface area (Å²) in [7, 11) is 6.87. The van der Waals surface area contributed by atoms with Crippen LogP contribution >= 0.6 is 0 Å². The molecular formula is C36H72N2O2. The molecule has 0 unspecified atom stereocenters. The molecule has 2 aliphatic rings. The fraction of sp³-hybridized carbons (Fsp3) is 1.00. The Morgan fingerprint density at radius 3 is 1.65 bits per heavy atom. The van der Waals surface area contributed by atoms with Crippen molar-refractivity contribution in [2.75, 3.05) is 40.9 Å². The second kappa shape index (κ2) is 13.2. The van der Waals surface area contributed by atoms with Crippen LogP contribution in [0.1, 0.15) is 153 Å². The SMILES string of the molecule is CCC(CC)(COC(CC)(CC)C12CCC(CN(C)C)(CC1)C2)CC(C)(C)N(C)C(CC)(CC)CC(C)(C)CO. The number of hydrogen-bond acceptors (Lipinski definition) is 4. The molecule has 238 valence electrons. The van der Waals surface area contributed by atoms with Gasteiger partial charge in [-0.15, -0.1) is 0 Å². The Labute approximate surface area is 251 Å². The lowest BCUT2D eigenvalue weighted by molar-refractivity contribution is -0.169. The van der Waals surface area contributed by atoms with Crippen LogP contribution in [0.15, 0.2) is 0 Å². The second-order valence-corrected chi connectivity index (χ2v) is 16.4. The van der Waals surface area contributed by atoms with Crippen LogP contribution in [0.25, 0.3) is 0 Å². The second-order valence-electron chi connectivity index (χ2n) is 16.4. The molecule has 0 spiro atoms. The summed E-state index contributed by atoms with van der Waals surface area (Å²) in [4.78, 5) is 5.13. The molecule has 0 saturated heterocycles.